The van der Waals surface area contributed by atoms with Crippen LogP contribution >= 0.6 is 11.3 Å². The molecule has 5 heteroatoms. The van der Waals surface area contributed by atoms with Crippen LogP contribution in [-0.2, 0) is 0 Å². The van der Waals surface area contributed by atoms with Crippen molar-refractivity contribution in [1.82, 2.24) is 9.88 Å². The van der Waals surface area contributed by atoms with Crippen LogP contribution in [0.15, 0.2) is 0 Å². The van der Waals surface area contributed by atoms with Gasteiger partial charge in [0.1, 0.15) is 0 Å². The van der Waals surface area contributed by atoms with Gasteiger partial charge in [-0.3, -0.25) is 5.32 Å². The molecule has 0 aliphatic heterocycles. The number of anilines is 1. The summed E-state index contributed by atoms with van der Waals surface area (Å²) < 4.78 is 0. The summed E-state index contributed by atoms with van der Waals surface area (Å²) in [5.41, 5.74) is 0.976. The molecule has 1 aromatic rings. The van der Waals surface area contributed by atoms with E-state index in [0.717, 1.165) is 10.6 Å². The number of nitrogens with zero attached hydrogens (tertiary/aromatic N) is 2. The number of aromatic nitrogens is 1. The van der Waals surface area contributed by atoms with Crippen LogP contribution in [0.25, 0.3) is 0 Å². The molecule has 1 heterocycles. The molecule has 0 saturated carbocycles. The fourth-order valence-electron chi connectivity index (χ4n) is 0.857. The van der Waals surface area contributed by atoms with Crippen LogP contribution in [0, 0.1) is 13.8 Å². The van der Waals surface area contributed by atoms with Crippen molar-refractivity contribution < 1.29 is 4.79 Å². The number of aryl methyl sites for hydroxylation is 2. The molecule has 0 radical (unpaired) electrons. The standard InChI is InChI=1S/C9H15N3OS/c1-5-12(4)9(13)11-8-10-6(2)7(3)14-8/h5H2,1-4H3,(H,10,11,13). The fraction of sp³-hybridized carbons (Fsp3) is 0.556. The van der Waals surface area contributed by atoms with Gasteiger partial charge >= 0.3 is 6.03 Å². The van der Waals surface area contributed by atoms with E-state index in [1.54, 1.807) is 11.9 Å². The Kier molecular flexibility index (Phi) is 3.46. The summed E-state index contributed by atoms with van der Waals surface area (Å²) in [5.74, 6) is 0. The quantitative estimate of drug-likeness (QED) is 0.819. The third kappa shape index (κ3) is 2.45. The number of urea groups is 1. The monoisotopic (exact) mass is 213 g/mol. The molecule has 1 aromatic heterocycles. The molecule has 0 aliphatic rings. The predicted octanol–water partition coefficient (Wildman–Crippen LogP) is 2.24. The average molecular weight is 213 g/mol. The normalized spacial score (nSPS) is 10.0. The summed E-state index contributed by atoms with van der Waals surface area (Å²) in [6.45, 7) is 6.55. The van der Waals surface area contributed by atoms with Crippen LogP contribution in [0.5, 0.6) is 0 Å². The second kappa shape index (κ2) is 4.41. The van der Waals surface area contributed by atoms with Crippen LogP contribution in [-0.4, -0.2) is 29.5 Å². The Balaban J connectivity index is 2.65. The molecule has 4 nitrogen and oxygen atoms in total. The number of carbonyl (C=O) groups is 1. The Bertz CT molecular complexity index is 315. The highest BCUT2D eigenvalue weighted by Crippen LogP contribution is 2.21. The molecular formula is C9H15N3OS. The highest BCUT2D eigenvalue weighted by atomic mass is 32.1. The van der Waals surface area contributed by atoms with Gasteiger partial charge in [0.25, 0.3) is 0 Å². The topological polar surface area (TPSA) is 45.2 Å². The van der Waals surface area contributed by atoms with Gasteiger partial charge in [0.05, 0.1) is 5.69 Å². The van der Waals surface area contributed by atoms with Crippen molar-refractivity contribution in [3.63, 3.8) is 0 Å². The summed E-state index contributed by atoms with van der Waals surface area (Å²) in [5, 5.41) is 3.42. The molecule has 1 N–H and O–H groups in total. The van der Waals surface area contributed by atoms with Crippen LogP contribution < -0.4 is 5.32 Å². The molecule has 0 fully saturated rings. The van der Waals surface area contributed by atoms with Crippen molar-refractivity contribution in [3.8, 4) is 0 Å². The SMILES string of the molecule is CCN(C)C(=O)Nc1nc(C)c(C)s1. The first-order valence-electron chi connectivity index (χ1n) is 4.50. The van der Waals surface area contributed by atoms with E-state index < -0.39 is 0 Å². The lowest BCUT2D eigenvalue weighted by Crippen LogP contribution is -2.30. The van der Waals surface area contributed by atoms with Gasteiger partial charge in [-0.2, -0.15) is 0 Å². The lowest BCUT2D eigenvalue weighted by atomic mass is 10.4. The van der Waals surface area contributed by atoms with Gasteiger partial charge in [-0.25, -0.2) is 9.78 Å². The van der Waals surface area contributed by atoms with Crippen molar-refractivity contribution in [1.29, 1.82) is 0 Å². The number of hydrogen-bond acceptors (Lipinski definition) is 3. The largest absolute Gasteiger partial charge is 0.328 e. The molecule has 0 unspecified atom stereocenters. The van der Waals surface area contributed by atoms with E-state index in [0.29, 0.717) is 11.7 Å². The predicted molar refractivity (Wildman–Crippen MR) is 58.9 cm³/mol. The molecule has 14 heavy (non-hydrogen) atoms. The summed E-state index contributed by atoms with van der Waals surface area (Å²) in [4.78, 5) is 18.4. The number of carbonyl (C=O) groups excluding carboxylic acids is 1. The smallest absolute Gasteiger partial charge is 0.323 e. The minimum atomic E-state index is -0.110. The number of amides is 2. The Morgan fingerprint density at radius 1 is 1.57 bits per heavy atom. The van der Waals surface area contributed by atoms with Crippen molar-refractivity contribution in [2.24, 2.45) is 0 Å². The Morgan fingerprint density at radius 2 is 2.21 bits per heavy atom. The molecule has 0 aromatic carbocycles. The van der Waals surface area contributed by atoms with Gasteiger partial charge in [-0.1, -0.05) is 0 Å². The highest BCUT2D eigenvalue weighted by molar-refractivity contribution is 7.15. The summed E-state index contributed by atoms with van der Waals surface area (Å²) >= 11 is 1.50. The van der Waals surface area contributed by atoms with E-state index in [-0.39, 0.29) is 6.03 Å². The maximum atomic E-state index is 11.4. The van der Waals surface area contributed by atoms with Gasteiger partial charge in [0, 0.05) is 18.5 Å². The molecular weight excluding hydrogens is 198 g/mol. The zero-order chi connectivity index (χ0) is 10.7. The van der Waals surface area contributed by atoms with Crippen molar-refractivity contribution in [3.05, 3.63) is 10.6 Å². The summed E-state index contributed by atoms with van der Waals surface area (Å²) in [7, 11) is 1.75. The first kappa shape index (κ1) is 11.0. The van der Waals surface area contributed by atoms with Crippen LogP contribution in [0.4, 0.5) is 9.93 Å². The van der Waals surface area contributed by atoms with E-state index in [1.165, 1.54) is 11.3 Å². The highest BCUT2D eigenvalue weighted by Gasteiger charge is 2.09. The van der Waals surface area contributed by atoms with Crippen molar-refractivity contribution in [2.45, 2.75) is 20.8 Å². The molecule has 0 bridgehead atoms. The maximum Gasteiger partial charge on any atom is 0.323 e. The third-order valence-electron chi connectivity index (χ3n) is 2.06. The second-order valence-electron chi connectivity index (χ2n) is 3.10. The van der Waals surface area contributed by atoms with Gasteiger partial charge < -0.3 is 4.90 Å². The van der Waals surface area contributed by atoms with Gasteiger partial charge in [-0.05, 0) is 20.8 Å². The molecule has 2 amide bonds. The Morgan fingerprint density at radius 3 is 2.64 bits per heavy atom. The maximum absolute atomic E-state index is 11.4. The number of nitrogens with one attached hydrogen (secondary N) is 1. The van der Waals surface area contributed by atoms with E-state index in [1.807, 2.05) is 20.8 Å². The van der Waals surface area contributed by atoms with Crippen LogP contribution in [0.2, 0.25) is 0 Å². The zero-order valence-electron chi connectivity index (χ0n) is 8.92. The fourth-order valence-corrected chi connectivity index (χ4v) is 1.66. The van der Waals surface area contributed by atoms with E-state index in [9.17, 15) is 4.79 Å². The van der Waals surface area contributed by atoms with Gasteiger partial charge in [0.2, 0.25) is 0 Å². The lowest BCUT2D eigenvalue weighted by Gasteiger charge is -2.13. The average Bonchev–Trinajstić information content (AvgIpc) is 2.44. The van der Waals surface area contributed by atoms with Gasteiger partial charge in [0.15, 0.2) is 5.13 Å². The Labute approximate surface area is 88.0 Å². The van der Waals surface area contributed by atoms with Crippen LogP contribution in [0.1, 0.15) is 17.5 Å². The van der Waals surface area contributed by atoms with E-state index in [2.05, 4.69) is 10.3 Å². The molecule has 1 rings (SSSR count). The molecule has 0 aliphatic carbocycles. The first-order chi connectivity index (χ1) is 6.54. The molecule has 0 atom stereocenters. The van der Waals surface area contributed by atoms with E-state index in [4.69, 9.17) is 0 Å². The summed E-state index contributed by atoms with van der Waals surface area (Å²) in [6, 6.07) is -0.110. The minimum Gasteiger partial charge on any atom is -0.328 e. The zero-order valence-corrected chi connectivity index (χ0v) is 9.73. The van der Waals surface area contributed by atoms with Crippen molar-refractivity contribution in [2.75, 3.05) is 18.9 Å². The van der Waals surface area contributed by atoms with Gasteiger partial charge in [-0.15, -0.1) is 11.3 Å². The molecule has 0 saturated heterocycles. The Hall–Kier alpha value is -1.10. The minimum absolute atomic E-state index is 0.110. The molecule has 78 valence electrons. The second-order valence-corrected chi connectivity index (χ2v) is 4.31. The lowest BCUT2D eigenvalue weighted by molar-refractivity contribution is 0.224. The number of rotatable bonds is 2. The van der Waals surface area contributed by atoms with E-state index >= 15 is 0 Å². The third-order valence-corrected chi connectivity index (χ3v) is 3.05. The van der Waals surface area contributed by atoms with Crippen LogP contribution in [0.3, 0.4) is 0 Å². The first-order valence-corrected chi connectivity index (χ1v) is 5.32. The number of thiazole rings is 1. The van der Waals surface area contributed by atoms with Crippen molar-refractivity contribution >= 4 is 22.5 Å². The number of hydrogen-bond donors (Lipinski definition) is 1. The summed E-state index contributed by atoms with van der Waals surface area (Å²) in [6.07, 6.45) is 0. The molecule has 0 spiro atoms.